The van der Waals surface area contributed by atoms with Gasteiger partial charge in [0.25, 0.3) is 11.6 Å². The third-order valence-electron chi connectivity index (χ3n) is 3.87. The Kier molecular flexibility index (Phi) is 4.97. The smallest absolute Gasteiger partial charge is 0.267 e. The monoisotopic (exact) mass is 365 g/mol. The highest BCUT2D eigenvalue weighted by Gasteiger charge is 2.14. The van der Waals surface area contributed by atoms with E-state index >= 15 is 0 Å². The quantitative estimate of drug-likeness (QED) is 0.418. The first-order valence-corrected chi connectivity index (χ1v) is 7.89. The molecule has 0 bridgehead atoms. The summed E-state index contributed by atoms with van der Waals surface area (Å²) < 4.78 is 1.50. The predicted octanol–water partition coefficient (Wildman–Crippen LogP) is 2.03. The molecular formula is C17H15N7O3. The van der Waals surface area contributed by atoms with E-state index in [0.29, 0.717) is 11.3 Å². The van der Waals surface area contributed by atoms with Gasteiger partial charge in [0.05, 0.1) is 16.3 Å². The fourth-order valence-electron chi connectivity index (χ4n) is 2.36. The number of rotatable bonds is 5. The topological polar surface area (TPSA) is 128 Å². The summed E-state index contributed by atoms with van der Waals surface area (Å²) in [6.07, 6.45) is 1.47. The first-order chi connectivity index (χ1) is 13.0. The van der Waals surface area contributed by atoms with E-state index in [9.17, 15) is 14.9 Å². The average Bonchev–Trinajstić information content (AvgIpc) is 3.21. The van der Waals surface area contributed by atoms with Crippen LogP contribution in [0.25, 0.3) is 5.69 Å². The number of tetrazole rings is 1. The lowest BCUT2D eigenvalue weighted by atomic mass is 10.1. The second kappa shape index (κ2) is 7.52. The summed E-state index contributed by atoms with van der Waals surface area (Å²) in [5.74, 6) is -0.533. The van der Waals surface area contributed by atoms with E-state index in [1.807, 2.05) is 24.3 Å². The summed E-state index contributed by atoms with van der Waals surface area (Å²) in [7, 11) is 0. The minimum atomic E-state index is -0.533. The van der Waals surface area contributed by atoms with Crippen LogP contribution in [0, 0.1) is 17.0 Å². The zero-order chi connectivity index (χ0) is 19.4. The summed E-state index contributed by atoms with van der Waals surface area (Å²) in [6, 6.07) is 11.6. The van der Waals surface area contributed by atoms with Crippen LogP contribution in [0.5, 0.6) is 0 Å². The molecule has 0 spiro atoms. The fourth-order valence-corrected chi connectivity index (χ4v) is 2.36. The van der Waals surface area contributed by atoms with E-state index in [2.05, 4.69) is 26.1 Å². The van der Waals surface area contributed by atoms with Crippen molar-refractivity contribution in [1.29, 1.82) is 0 Å². The molecule has 0 aliphatic carbocycles. The standard InChI is InChI=1S/C17H15N7O3/c1-11-6-7-14(9-16(11)24(26)27)17(25)20-19-12(2)13-4-3-5-15(8-13)23-10-18-21-22-23/h3-10H,1-2H3,(H,20,25)/b19-12-. The van der Waals surface area contributed by atoms with Gasteiger partial charge >= 0.3 is 0 Å². The number of hydrogen-bond acceptors (Lipinski definition) is 7. The van der Waals surface area contributed by atoms with Gasteiger partial charge in [0.1, 0.15) is 6.33 Å². The molecule has 136 valence electrons. The maximum atomic E-state index is 12.2. The van der Waals surface area contributed by atoms with E-state index in [4.69, 9.17) is 0 Å². The number of aromatic nitrogens is 4. The molecule has 3 aromatic rings. The Labute approximate surface area is 153 Å². The Morgan fingerprint density at radius 2 is 2.04 bits per heavy atom. The van der Waals surface area contributed by atoms with Crippen molar-refractivity contribution in [2.24, 2.45) is 5.10 Å². The van der Waals surface area contributed by atoms with E-state index < -0.39 is 10.8 Å². The first-order valence-electron chi connectivity index (χ1n) is 7.89. The number of aryl methyl sites for hydroxylation is 1. The number of nitrogens with zero attached hydrogens (tertiary/aromatic N) is 6. The molecule has 10 heteroatoms. The molecule has 0 radical (unpaired) electrons. The number of hydrazone groups is 1. The number of nitro groups is 1. The highest BCUT2D eigenvalue weighted by atomic mass is 16.6. The SMILES string of the molecule is C/C(=N/NC(=O)c1ccc(C)c([N+](=O)[O-])c1)c1cccc(-n2cnnn2)c1. The molecule has 0 aliphatic rings. The fraction of sp³-hybridized carbons (Fsp3) is 0.118. The molecule has 1 aromatic heterocycles. The van der Waals surface area contributed by atoms with Gasteiger partial charge in [0, 0.05) is 17.2 Å². The maximum Gasteiger partial charge on any atom is 0.273 e. The first kappa shape index (κ1) is 17.9. The largest absolute Gasteiger partial charge is 0.273 e. The van der Waals surface area contributed by atoms with Gasteiger partial charge in [-0.2, -0.15) is 5.10 Å². The van der Waals surface area contributed by atoms with Crippen LogP contribution in [0.4, 0.5) is 5.69 Å². The molecular weight excluding hydrogens is 350 g/mol. The molecule has 2 aromatic carbocycles. The van der Waals surface area contributed by atoms with E-state index in [1.54, 1.807) is 13.8 Å². The molecule has 0 unspecified atom stereocenters. The van der Waals surface area contributed by atoms with Crippen LogP contribution in [-0.4, -0.2) is 36.7 Å². The van der Waals surface area contributed by atoms with Crippen LogP contribution >= 0.6 is 0 Å². The van der Waals surface area contributed by atoms with Crippen molar-refractivity contribution in [2.45, 2.75) is 13.8 Å². The molecule has 0 saturated carbocycles. The van der Waals surface area contributed by atoms with Crippen molar-refractivity contribution in [3.8, 4) is 5.69 Å². The molecule has 0 aliphatic heterocycles. The summed E-state index contributed by atoms with van der Waals surface area (Å²) in [6.45, 7) is 3.34. The van der Waals surface area contributed by atoms with Crippen LogP contribution in [0.3, 0.4) is 0 Å². The van der Waals surface area contributed by atoms with E-state index in [1.165, 1.54) is 29.2 Å². The number of nitrogens with one attached hydrogen (secondary N) is 1. The zero-order valence-electron chi connectivity index (χ0n) is 14.5. The van der Waals surface area contributed by atoms with Crippen LogP contribution in [-0.2, 0) is 0 Å². The number of amides is 1. The predicted molar refractivity (Wildman–Crippen MR) is 96.7 cm³/mol. The minimum Gasteiger partial charge on any atom is -0.267 e. The van der Waals surface area contributed by atoms with Crippen molar-refractivity contribution in [3.63, 3.8) is 0 Å². The lowest BCUT2D eigenvalue weighted by molar-refractivity contribution is -0.385. The zero-order valence-corrected chi connectivity index (χ0v) is 14.5. The maximum absolute atomic E-state index is 12.2. The lowest BCUT2D eigenvalue weighted by Gasteiger charge is -2.06. The number of nitro benzene ring substituents is 1. The van der Waals surface area contributed by atoms with Crippen LogP contribution in [0.2, 0.25) is 0 Å². The van der Waals surface area contributed by atoms with Crippen molar-refractivity contribution in [1.82, 2.24) is 25.6 Å². The van der Waals surface area contributed by atoms with E-state index in [0.717, 1.165) is 11.3 Å². The Hall–Kier alpha value is -3.95. The van der Waals surface area contributed by atoms with Crippen molar-refractivity contribution >= 4 is 17.3 Å². The molecule has 10 nitrogen and oxygen atoms in total. The summed E-state index contributed by atoms with van der Waals surface area (Å²) in [4.78, 5) is 22.7. The Morgan fingerprint density at radius 1 is 1.22 bits per heavy atom. The van der Waals surface area contributed by atoms with Gasteiger partial charge < -0.3 is 0 Å². The van der Waals surface area contributed by atoms with Gasteiger partial charge in [-0.25, -0.2) is 10.1 Å². The Bertz CT molecular complexity index is 1030. The van der Waals surface area contributed by atoms with Crippen LogP contribution in [0.15, 0.2) is 53.9 Å². The van der Waals surface area contributed by atoms with E-state index in [-0.39, 0.29) is 11.3 Å². The molecule has 0 fully saturated rings. The molecule has 1 heterocycles. The number of carbonyl (C=O) groups excluding carboxylic acids is 1. The third-order valence-corrected chi connectivity index (χ3v) is 3.87. The minimum absolute atomic E-state index is 0.113. The normalized spacial score (nSPS) is 11.3. The highest BCUT2D eigenvalue weighted by Crippen LogP contribution is 2.19. The van der Waals surface area contributed by atoms with Crippen molar-refractivity contribution in [2.75, 3.05) is 0 Å². The van der Waals surface area contributed by atoms with Gasteiger partial charge in [-0.1, -0.05) is 18.2 Å². The Morgan fingerprint density at radius 3 is 2.74 bits per heavy atom. The molecule has 1 amide bonds. The number of carbonyl (C=O) groups is 1. The number of hydrogen-bond donors (Lipinski definition) is 1. The Balaban J connectivity index is 1.78. The third kappa shape index (κ3) is 4.00. The molecule has 0 saturated heterocycles. The van der Waals surface area contributed by atoms with Crippen LogP contribution < -0.4 is 5.43 Å². The summed E-state index contributed by atoms with van der Waals surface area (Å²) in [5.41, 5.74) is 5.00. The van der Waals surface area contributed by atoms with Gasteiger partial charge in [0.15, 0.2) is 0 Å². The summed E-state index contributed by atoms with van der Waals surface area (Å²) >= 11 is 0. The molecule has 1 N–H and O–H groups in total. The second-order valence-electron chi connectivity index (χ2n) is 5.70. The molecule has 27 heavy (non-hydrogen) atoms. The van der Waals surface area contributed by atoms with Crippen molar-refractivity contribution in [3.05, 3.63) is 75.6 Å². The highest BCUT2D eigenvalue weighted by molar-refractivity contribution is 6.01. The van der Waals surface area contributed by atoms with Crippen molar-refractivity contribution < 1.29 is 9.72 Å². The second-order valence-corrected chi connectivity index (χ2v) is 5.70. The number of benzene rings is 2. The molecule has 3 rings (SSSR count). The van der Waals surface area contributed by atoms with Gasteiger partial charge in [-0.05, 0) is 48.0 Å². The summed E-state index contributed by atoms with van der Waals surface area (Å²) in [5, 5.41) is 26.1. The van der Waals surface area contributed by atoms with Gasteiger partial charge in [-0.15, -0.1) is 5.10 Å². The lowest BCUT2D eigenvalue weighted by Crippen LogP contribution is -2.19. The molecule has 0 atom stereocenters. The average molecular weight is 365 g/mol. The van der Waals surface area contributed by atoms with Gasteiger partial charge in [0.2, 0.25) is 0 Å². The van der Waals surface area contributed by atoms with Crippen LogP contribution in [0.1, 0.15) is 28.4 Å². The van der Waals surface area contributed by atoms with Gasteiger partial charge in [-0.3, -0.25) is 14.9 Å².